The zero-order chi connectivity index (χ0) is 21.5. The molecule has 6 heteroatoms. The van der Waals surface area contributed by atoms with Crippen molar-refractivity contribution in [1.82, 2.24) is 9.80 Å². The van der Waals surface area contributed by atoms with E-state index < -0.39 is 0 Å². The second kappa shape index (κ2) is 10.5. The molecule has 0 unspecified atom stereocenters. The Bertz CT molecular complexity index is 911. The molecule has 1 saturated heterocycles. The number of benzene rings is 1. The lowest BCUT2D eigenvalue weighted by Crippen LogP contribution is -2.36. The van der Waals surface area contributed by atoms with Gasteiger partial charge in [-0.3, -0.25) is 4.79 Å². The summed E-state index contributed by atoms with van der Waals surface area (Å²) in [6, 6.07) is 12.7. The van der Waals surface area contributed by atoms with Crippen LogP contribution < -0.4 is 4.74 Å². The van der Waals surface area contributed by atoms with Crippen LogP contribution in [-0.2, 0) is 6.61 Å². The number of rotatable bonds is 6. The van der Waals surface area contributed by atoms with Gasteiger partial charge in [0.05, 0.1) is 5.56 Å². The minimum atomic E-state index is -0.0526. The number of hydrogen-bond donors (Lipinski definition) is 0. The van der Waals surface area contributed by atoms with Gasteiger partial charge < -0.3 is 19.0 Å². The molecule has 2 aliphatic rings. The van der Waals surface area contributed by atoms with Crippen LogP contribution in [0.5, 0.6) is 5.75 Å². The molecule has 4 rings (SSSR count). The molecule has 6 nitrogen and oxygen atoms in total. The van der Waals surface area contributed by atoms with Crippen molar-refractivity contribution in [3.63, 3.8) is 0 Å². The molecular formula is C25H31N3O3. The van der Waals surface area contributed by atoms with Crippen LogP contribution >= 0.6 is 0 Å². The summed E-state index contributed by atoms with van der Waals surface area (Å²) in [7, 11) is 0. The van der Waals surface area contributed by atoms with Crippen LogP contribution in [0.25, 0.3) is 0 Å². The molecule has 164 valence electrons. The Morgan fingerprint density at radius 2 is 1.87 bits per heavy atom. The number of furan rings is 1. The van der Waals surface area contributed by atoms with E-state index in [1.807, 2.05) is 11.0 Å². The fourth-order valence-electron chi connectivity index (χ4n) is 4.65. The van der Waals surface area contributed by atoms with Gasteiger partial charge >= 0.3 is 0 Å². The summed E-state index contributed by atoms with van der Waals surface area (Å²) in [5, 5.41) is 9.16. The Morgan fingerprint density at radius 3 is 2.71 bits per heavy atom. The number of ether oxygens (including phenoxy) is 1. The molecule has 1 aliphatic heterocycles. The van der Waals surface area contributed by atoms with Crippen molar-refractivity contribution in [2.75, 3.05) is 32.7 Å². The number of para-hydroxylation sites is 1. The maximum absolute atomic E-state index is 13.0. The zero-order valence-corrected chi connectivity index (χ0v) is 18.1. The molecule has 1 saturated carbocycles. The zero-order valence-electron chi connectivity index (χ0n) is 18.1. The lowest BCUT2D eigenvalue weighted by atomic mass is 9.89. The molecule has 1 amide bonds. The highest BCUT2D eigenvalue weighted by atomic mass is 16.5. The molecule has 2 heterocycles. The van der Waals surface area contributed by atoms with E-state index in [0.717, 1.165) is 38.5 Å². The summed E-state index contributed by atoms with van der Waals surface area (Å²) in [5.41, 5.74) is 0.479. The van der Waals surface area contributed by atoms with Gasteiger partial charge in [-0.1, -0.05) is 31.4 Å². The summed E-state index contributed by atoms with van der Waals surface area (Å²) in [5.74, 6) is 2.22. The summed E-state index contributed by atoms with van der Waals surface area (Å²) in [6.45, 7) is 4.87. The van der Waals surface area contributed by atoms with Gasteiger partial charge in [0.2, 0.25) is 0 Å². The average Bonchev–Trinajstić information content (AvgIpc) is 3.17. The Balaban J connectivity index is 1.29. The van der Waals surface area contributed by atoms with Gasteiger partial charge in [-0.25, -0.2) is 0 Å². The van der Waals surface area contributed by atoms with Crippen LogP contribution in [0.15, 0.2) is 40.8 Å². The van der Waals surface area contributed by atoms with E-state index in [1.165, 1.54) is 38.6 Å². The first-order chi connectivity index (χ1) is 15.2. The third-order valence-electron chi connectivity index (χ3n) is 6.37. The lowest BCUT2D eigenvalue weighted by Gasteiger charge is -2.28. The van der Waals surface area contributed by atoms with Crippen molar-refractivity contribution in [2.24, 2.45) is 5.92 Å². The maximum Gasteiger partial charge on any atom is 0.289 e. The highest BCUT2D eigenvalue weighted by Crippen LogP contribution is 2.25. The van der Waals surface area contributed by atoms with E-state index in [4.69, 9.17) is 14.4 Å². The number of hydrogen-bond acceptors (Lipinski definition) is 5. The Labute approximate surface area is 184 Å². The number of amides is 1. The van der Waals surface area contributed by atoms with E-state index in [0.29, 0.717) is 22.8 Å². The molecule has 1 aliphatic carbocycles. The highest BCUT2D eigenvalue weighted by molar-refractivity contribution is 5.91. The van der Waals surface area contributed by atoms with Gasteiger partial charge in [-0.15, -0.1) is 0 Å². The van der Waals surface area contributed by atoms with Gasteiger partial charge in [-0.05, 0) is 56.0 Å². The Morgan fingerprint density at radius 1 is 1.03 bits per heavy atom. The molecule has 2 fully saturated rings. The van der Waals surface area contributed by atoms with Crippen molar-refractivity contribution in [1.29, 1.82) is 5.26 Å². The monoisotopic (exact) mass is 421 g/mol. The third-order valence-corrected chi connectivity index (χ3v) is 6.37. The smallest absolute Gasteiger partial charge is 0.289 e. The van der Waals surface area contributed by atoms with Crippen LogP contribution in [-0.4, -0.2) is 48.4 Å². The number of nitrogens with zero attached hydrogens (tertiary/aromatic N) is 3. The minimum absolute atomic E-state index is 0.0526. The van der Waals surface area contributed by atoms with Crippen LogP contribution in [0.4, 0.5) is 0 Å². The fourth-order valence-corrected chi connectivity index (χ4v) is 4.65. The quantitative estimate of drug-likeness (QED) is 0.689. The first-order valence-corrected chi connectivity index (χ1v) is 11.4. The second-order valence-electron chi connectivity index (χ2n) is 8.61. The minimum Gasteiger partial charge on any atom is -0.484 e. The van der Waals surface area contributed by atoms with Gasteiger partial charge in [0, 0.05) is 26.2 Å². The second-order valence-corrected chi connectivity index (χ2v) is 8.61. The summed E-state index contributed by atoms with van der Waals surface area (Å²) in [6.07, 6.45) is 7.84. The predicted octanol–water partition coefficient (Wildman–Crippen LogP) is 4.46. The first kappa shape index (κ1) is 21.5. The molecular weight excluding hydrogens is 390 g/mol. The summed E-state index contributed by atoms with van der Waals surface area (Å²) in [4.78, 5) is 17.4. The molecule has 0 atom stereocenters. The predicted molar refractivity (Wildman–Crippen MR) is 118 cm³/mol. The summed E-state index contributed by atoms with van der Waals surface area (Å²) >= 11 is 0. The van der Waals surface area contributed by atoms with Gasteiger partial charge in [0.1, 0.15) is 24.2 Å². The van der Waals surface area contributed by atoms with Gasteiger partial charge in [0.25, 0.3) is 5.91 Å². The molecule has 2 aromatic rings. The van der Waals surface area contributed by atoms with Gasteiger partial charge in [-0.2, -0.15) is 5.26 Å². The third kappa shape index (κ3) is 5.68. The van der Waals surface area contributed by atoms with E-state index in [-0.39, 0.29) is 12.5 Å². The van der Waals surface area contributed by atoms with Crippen molar-refractivity contribution in [2.45, 2.75) is 45.1 Å². The van der Waals surface area contributed by atoms with E-state index in [1.54, 1.807) is 30.3 Å². The van der Waals surface area contributed by atoms with Gasteiger partial charge in [0.15, 0.2) is 5.76 Å². The molecule has 0 spiro atoms. The number of carbonyl (C=O) groups excluding carboxylic acids is 1. The van der Waals surface area contributed by atoms with Crippen LogP contribution in [0.3, 0.4) is 0 Å². The van der Waals surface area contributed by atoms with Crippen molar-refractivity contribution in [3.8, 4) is 11.8 Å². The molecule has 0 radical (unpaired) electrons. The van der Waals surface area contributed by atoms with Crippen LogP contribution in [0, 0.1) is 17.2 Å². The van der Waals surface area contributed by atoms with E-state index >= 15 is 0 Å². The summed E-state index contributed by atoms with van der Waals surface area (Å²) < 4.78 is 11.5. The number of carbonyl (C=O) groups is 1. The fraction of sp³-hybridized carbons (Fsp3) is 0.520. The standard InChI is InChI=1S/C25H31N3O3/c26-17-21-9-4-5-10-23(21)30-19-22-11-12-24(31-22)25(29)28-14-6-13-27(15-16-28)18-20-7-2-1-3-8-20/h4-5,9-12,20H,1-3,6-8,13-16,18-19H2. The molecule has 0 N–H and O–H groups in total. The lowest BCUT2D eigenvalue weighted by molar-refractivity contribution is 0.0724. The largest absolute Gasteiger partial charge is 0.484 e. The molecule has 0 bridgehead atoms. The van der Waals surface area contributed by atoms with Crippen LogP contribution in [0.1, 0.15) is 60.4 Å². The normalized spacial score (nSPS) is 18.4. The van der Waals surface area contributed by atoms with Crippen LogP contribution in [0.2, 0.25) is 0 Å². The van der Waals surface area contributed by atoms with E-state index in [2.05, 4.69) is 11.0 Å². The molecule has 1 aromatic heterocycles. The molecule has 31 heavy (non-hydrogen) atoms. The topological polar surface area (TPSA) is 69.7 Å². The Hall–Kier alpha value is -2.78. The maximum atomic E-state index is 13.0. The SMILES string of the molecule is N#Cc1ccccc1OCc1ccc(C(=O)N2CCCN(CC3CCCCC3)CC2)o1. The molecule has 1 aromatic carbocycles. The average molecular weight is 422 g/mol. The number of nitriles is 1. The first-order valence-electron chi connectivity index (χ1n) is 11.4. The van der Waals surface area contributed by atoms with Crippen molar-refractivity contribution in [3.05, 3.63) is 53.5 Å². The van der Waals surface area contributed by atoms with Crippen molar-refractivity contribution < 1.29 is 13.9 Å². The van der Waals surface area contributed by atoms with E-state index in [9.17, 15) is 4.79 Å². The highest BCUT2D eigenvalue weighted by Gasteiger charge is 2.24. The Kier molecular flexibility index (Phi) is 7.26. The van der Waals surface area contributed by atoms with Crippen molar-refractivity contribution >= 4 is 5.91 Å².